The lowest BCUT2D eigenvalue weighted by Gasteiger charge is -2.25. The molecule has 0 bridgehead atoms. The van der Waals surface area contributed by atoms with Crippen LogP contribution in [-0.4, -0.2) is 30.7 Å². The highest BCUT2D eigenvalue weighted by Gasteiger charge is 2.29. The zero-order valence-electron chi connectivity index (χ0n) is 12.3. The Morgan fingerprint density at radius 1 is 1.10 bits per heavy atom. The van der Waals surface area contributed by atoms with Crippen molar-refractivity contribution >= 4 is 11.9 Å². The summed E-state index contributed by atoms with van der Waals surface area (Å²) in [5.41, 5.74) is 1.40. The molecule has 0 radical (unpaired) electrons. The predicted octanol–water partition coefficient (Wildman–Crippen LogP) is 2.87. The summed E-state index contributed by atoms with van der Waals surface area (Å²) in [6.45, 7) is 1.82. The highest BCUT2D eigenvalue weighted by Crippen LogP contribution is 2.32. The molecule has 110 valence electrons. The topological polar surface area (TPSA) is 57.5 Å². The van der Waals surface area contributed by atoms with Crippen LogP contribution in [0.3, 0.4) is 0 Å². The standard InChI is InChI=1S/C15H21NO4/c1-10-9-16(11-7-5-4-6-8-11)13(15(18)20-3)12(10)14(17)19-2/h9,11H,4-8H2,1-3H3. The first kappa shape index (κ1) is 14.6. The van der Waals surface area contributed by atoms with Crippen LogP contribution < -0.4 is 0 Å². The maximum atomic E-state index is 12.1. The van der Waals surface area contributed by atoms with Gasteiger partial charge in [-0.1, -0.05) is 19.3 Å². The lowest BCUT2D eigenvalue weighted by Crippen LogP contribution is -2.20. The first-order chi connectivity index (χ1) is 9.60. The van der Waals surface area contributed by atoms with Gasteiger partial charge in [0.15, 0.2) is 0 Å². The molecular weight excluding hydrogens is 258 g/mol. The van der Waals surface area contributed by atoms with Crippen molar-refractivity contribution in [3.63, 3.8) is 0 Å². The molecule has 0 amide bonds. The van der Waals surface area contributed by atoms with Gasteiger partial charge >= 0.3 is 11.9 Å². The summed E-state index contributed by atoms with van der Waals surface area (Å²) in [4.78, 5) is 24.0. The number of aromatic nitrogens is 1. The molecular formula is C15H21NO4. The highest BCUT2D eigenvalue weighted by molar-refractivity contribution is 6.03. The number of hydrogen-bond donors (Lipinski definition) is 0. The van der Waals surface area contributed by atoms with E-state index in [1.165, 1.54) is 20.6 Å². The van der Waals surface area contributed by atoms with Gasteiger partial charge in [-0.3, -0.25) is 0 Å². The average molecular weight is 279 g/mol. The van der Waals surface area contributed by atoms with Gasteiger partial charge in [-0.15, -0.1) is 0 Å². The molecule has 1 fully saturated rings. The van der Waals surface area contributed by atoms with Crippen LogP contribution in [0, 0.1) is 6.92 Å². The third-order valence-corrected chi connectivity index (χ3v) is 3.96. The quantitative estimate of drug-likeness (QED) is 0.798. The fourth-order valence-corrected chi connectivity index (χ4v) is 2.96. The molecule has 1 saturated carbocycles. The lowest BCUT2D eigenvalue weighted by molar-refractivity contribution is 0.0543. The summed E-state index contributed by atoms with van der Waals surface area (Å²) < 4.78 is 11.6. The van der Waals surface area contributed by atoms with Crippen molar-refractivity contribution in [2.24, 2.45) is 0 Å². The van der Waals surface area contributed by atoms with Gasteiger partial charge in [-0.2, -0.15) is 0 Å². The summed E-state index contributed by atoms with van der Waals surface area (Å²) in [5.74, 6) is -0.971. The molecule has 2 rings (SSSR count). The van der Waals surface area contributed by atoms with E-state index in [-0.39, 0.29) is 6.04 Å². The van der Waals surface area contributed by atoms with Gasteiger partial charge < -0.3 is 14.0 Å². The smallest absolute Gasteiger partial charge is 0.355 e. The van der Waals surface area contributed by atoms with Crippen LogP contribution in [0.15, 0.2) is 6.20 Å². The zero-order valence-corrected chi connectivity index (χ0v) is 12.3. The monoisotopic (exact) mass is 279 g/mol. The number of ether oxygens (including phenoxy) is 2. The number of rotatable bonds is 3. The van der Waals surface area contributed by atoms with Crippen molar-refractivity contribution in [1.82, 2.24) is 4.57 Å². The molecule has 0 N–H and O–H groups in total. The Bertz CT molecular complexity index is 512. The maximum absolute atomic E-state index is 12.1. The Morgan fingerprint density at radius 2 is 1.70 bits per heavy atom. The molecule has 5 nitrogen and oxygen atoms in total. The van der Waals surface area contributed by atoms with Gasteiger partial charge in [0.25, 0.3) is 0 Å². The molecule has 0 unspecified atom stereocenters. The minimum absolute atomic E-state index is 0.259. The number of nitrogens with zero attached hydrogens (tertiary/aromatic N) is 1. The van der Waals surface area contributed by atoms with Crippen molar-refractivity contribution in [3.8, 4) is 0 Å². The summed E-state index contributed by atoms with van der Waals surface area (Å²) >= 11 is 0. The number of esters is 2. The van der Waals surface area contributed by atoms with E-state index in [0.717, 1.165) is 31.2 Å². The first-order valence-electron chi connectivity index (χ1n) is 6.98. The Balaban J connectivity index is 2.50. The van der Waals surface area contributed by atoms with Crippen LogP contribution in [0.2, 0.25) is 0 Å². The van der Waals surface area contributed by atoms with Crippen LogP contribution in [0.5, 0.6) is 0 Å². The Kier molecular flexibility index (Phi) is 4.47. The Morgan fingerprint density at radius 3 is 2.25 bits per heavy atom. The third kappa shape index (κ3) is 2.57. The first-order valence-corrected chi connectivity index (χ1v) is 6.98. The normalized spacial score (nSPS) is 15.9. The van der Waals surface area contributed by atoms with E-state index in [2.05, 4.69) is 0 Å². The fourth-order valence-electron chi connectivity index (χ4n) is 2.96. The molecule has 1 aromatic rings. The minimum Gasteiger partial charge on any atom is -0.465 e. The Labute approximate surface area is 118 Å². The molecule has 1 aliphatic rings. The molecule has 1 aliphatic carbocycles. The van der Waals surface area contributed by atoms with Gasteiger partial charge in [-0.05, 0) is 25.3 Å². The second-order valence-electron chi connectivity index (χ2n) is 5.22. The average Bonchev–Trinajstić information content (AvgIpc) is 2.84. The lowest BCUT2D eigenvalue weighted by atomic mass is 9.95. The molecule has 1 heterocycles. The van der Waals surface area contributed by atoms with Gasteiger partial charge in [0.05, 0.1) is 19.8 Å². The van der Waals surface area contributed by atoms with E-state index in [4.69, 9.17) is 9.47 Å². The molecule has 20 heavy (non-hydrogen) atoms. The van der Waals surface area contributed by atoms with Crippen LogP contribution in [-0.2, 0) is 9.47 Å². The van der Waals surface area contributed by atoms with Crippen molar-refractivity contribution in [1.29, 1.82) is 0 Å². The SMILES string of the molecule is COC(=O)c1c(C)cn(C2CCCCC2)c1C(=O)OC. The number of hydrogen-bond acceptors (Lipinski definition) is 4. The van der Waals surface area contributed by atoms with Crippen LogP contribution >= 0.6 is 0 Å². The fraction of sp³-hybridized carbons (Fsp3) is 0.600. The summed E-state index contributed by atoms with van der Waals surface area (Å²) in [7, 11) is 2.65. The van der Waals surface area contributed by atoms with E-state index in [1.54, 1.807) is 0 Å². The second kappa shape index (κ2) is 6.11. The molecule has 0 aliphatic heterocycles. The van der Waals surface area contributed by atoms with Gasteiger partial charge in [-0.25, -0.2) is 9.59 Å². The van der Waals surface area contributed by atoms with Gasteiger partial charge in [0, 0.05) is 12.2 Å². The van der Waals surface area contributed by atoms with Gasteiger partial charge in [0.2, 0.25) is 0 Å². The highest BCUT2D eigenvalue weighted by atomic mass is 16.5. The summed E-state index contributed by atoms with van der Waals surface area (Å²) in [6, 6.07) is 0.259. The van der Waals surface area contributed by atoms with E-state index in [9.17, 15) is 9.59 Å². The van der Waals surface area contributed by atoms with E-state index in [0.29, 0.717) is 11.3 Å². The summed E-state index contributed by atoms with van der Waals surface area (Å²) in [6.07, 6.45) is 7.45. The molecule has 5 heteroatoms. The number of carbonyl (C=O) groups excluding carboxylic acids is 2. The minimum atomic E-state index is -0.488. The molecule has 0 spiro atoms. The van der Waals surface area contributed by atoms with Crippen LogP contribution in [0.1, 0.15) is 64.6 Å². The van der Waals surface area contributed by atoms with Crippen molar-refractivity contribution in [2.75, 3.05) is 14.2 Å². The van der Waals surface area contributed by atoms with Crippen molar-refractivity contribution < 1.29 is 19.1 Å². The van der Waals surface area contributed by atoms with E-state index >= 15 is 0 Å². The van der Waals surface area contributed by atoms with Crippen molar-refractivity contribution in [3.05, 3.63) is 23.0 Å². The van der Waals surface area contributed by atoms with Crippen LogP contribution in [0.4, 0.5) is 0 Å². The largest absolute Gasteiger partial charge is 0.465 e. The molecule has 0 saturated heterocycles. The van der Waals surface area contributed by atoms with E-state index < -0.39 is 11.9 Å². The maximum Gasteiger partial charge on any atom is 0.355 e. The third-order valence-electron chi connectivity index (χ3n) is 3.96. The zero-order chi connectivity index (χ0) is 14.7. The molecule has 0 aromatic carbocycles. The second-order valence-corrected chi connectivity index (χ2v) is 5.22. The number of carbonyl (C=O) groups is 2. The van der Waals surface area contributed by atoms with Crippen LogP contribution in [0.25, 0.3) is 0 Å². The Hall–Kier alpha value is -1.78. The number of methoxy groups -OCH3 is 2. The predicted molar refractivity (Wildman–Crippen MR) is 74.0 cm³/mol. The molecule has 1 aromatic heterocycles. The number of aryl methyl sites for hydroxylation is 1. The molecule has 0 atom stereocenters. The summed E-state index contributed by atoms with van der Waals surface area (Å²) in [5, 5.41) is 0. The van der Waals surface area contributed by atoms with Crippen molar-refractivity contribution in [2.45, 2.75) is 45.1 Å². The van der Waals surface area contributed by atoms with E-state index in [1.807, 2.05) is 17.7 Å². The van der Waals surface area contributed by atoms with Gasteiger partial charge in [0.1, 0.15) is 5.69 Å².